The van der Waals surface area contributed by atoms with Gasteiger partial charge in [0.2, 0.25) is 0 Å². The molecule has 6 heteroatoms. The molecule has 0 fully saturated rings. The summed E-state index contributed by atoms with van der Waals surface area (Å²) >= 11 is -0.826. The standard InChI is InChI=1S/C18H14.2C5H5.CH3.4ClH.2Zr/c1-3-7-15-13(5-1)9-11-17(15)18-12-10-14-6-2-4-8-16(14)18;2*1-2-4-5-3-1;;;;;;;/h1-12,17-18H;2*1-3H,4H2;1H3;4*1H;;/q;3*-1;;;;;+2;+4/p-4. The minimum Gasteiger partial charge on any atom is 4.00 e. The van der Waals surface area contributed by atoms with Crippen molar-refractivity contribution in [3.05, 3.63) is 139 Å². The molecule has 180 valence electrons. The van der Waals surface area contributed by atoms with Crippen molar-refractivity contribution in [1.29, 1.82) is 0 Å². The topological polar surface area (TPSA) is 0 Å². The Balaban J connectivity index is 0. The molecule has 0 aliphatic heterocycles. The summed E-state index contributed by atoms with van der Waals surface area (Å²) in [6, 6.07) is 17.4. The van der Waals surface area contributed by atoms with Crippen molar-refractivity contribution in [2.24, 2.45) is 0 Å². The van der Waals surface area contributed by atoms with Gasteiger partial charge in [0.25, 0.3) is 0 Å². The Labute approximate surface area is 262 Å². The monoisotopic (exact) mass is 695 g/mol. The Bertz CT molecular complexity index is 921. The second-order valence-corrected chi connectivity index (χ2v) is 10.8. The van der Waals surface area contributed by atoms with Crippen molar-refractivity contribution in [1.82, 2.24) is 0 Å². The third kappa shape index (κ3) is 11.8. The predicted molar refractivity (Wildman–Crippen MR) is 138 cm³/mol. The summed E-state index contributed by atoms with van der Waals surface area (Å²) in [5.74, 6) is 1.00. The second-order valence-electron chi connectivity index (χ2n) is 7.11. The van der Waals surface area contributed by atoms with E-state index in [4.69, 9.17) is 17.0 Å². The predicted octanol–water partition coefficient (Wildman–Crippen LogP) is 3.05. The summed E-state index contributed by atoms with van der Waals surface area (Å²) in [5.41, 5.74) is 5.67. The summed E-state index contributed by atoms with van der Waals surface area (Å²) in [6.07, 6.45) is 29.2. The van der Waals surface area contributed by atoms with E-state index in [-0.39, 0.29) is 58.4 Å². The van der Waals surface area contributed by atoms with Gasteiger partial charge in [0.1, 0.15) is 0 Å². The second kappa shape index (κ2) is 21.9. The Hall–Kier alpha value is -0.194. The first-order valence-electron chi connectivity index (χ1n) is 10.3. The van der Waals surface area contributed by atoms with Crippen molar-refractivity contribution in [3.63, 3.8) is 0 Å². The van der Waals surface area contributed by atoms with Crippen LogP contribution in [0.1, 0.15) is 46.9 Å². The maximum Gasteiger partial charge on any atom is 4.00 e. The van der Waals surface area contributed by atoms with Gasteiger partial charge in [0, 0.05) is 11.8 Å². The molecule has 0 heterocycles. The van der Waals surface area contributed by atoms with Crippen LogP contribution in [0, 0.1) is 19.6 Å². The van der Waals surface area contributed by atoms with Crippen LogP contribution in [0.2, 0.25) is 0 Å². The molecule has 35 heavy (non-hydrogen) atoms. The summed E-state index contributed by atoms with van der Waals surface area (Å²) in [4.78, 5) is 0. The van der Waals surface area contributed by atoms with Gasteiger partial charge < -0.3 is 32.2 Å². The number of hydrogen-bond donors (Lipinski definition) is 0. The average Bonchev–Trinajstić information content (AvgIpc) is 3.62. The van der Waals surface area contributed by atoms with E-state index in [2.05, 4.69) is 97.1 Å². The van der Waals surface area contributed by atoms with Crippen LogP contribution in [0.4, 0.5) is 0 Å². The number of benzene rings is 2. The van der Waals surface area contributed by atoms with Crippen LogP contribution in [0.25, 0.3) is 12.2 Å². The zero-order valence-electron chi connectivity index (χ0n) is 19.5. The van der Waals surface area contributed by atoms with Gasteiger partial charge in [-0.05, 0) is 22.3 Å². The zero-order chi connectivity index (χ0) is 21.7. The van der Waals surface area contributed by atoms with Gasteiger partial charge in [-0.25, -0.2) is 24.3 Å². The number of allylic oxidation sites excluding steroid dienone is 10. The average molecular weight is 700 g/mol. The van der Waals surface area contributed by atoms with Gasteiger partial charge in [-0.3, -0.25) is 12.2 Å². The van der Waals surface area contributed by atoms with Gasteiger partial charge >= 0.3 is 64.1 Å². The Morgan fingerprint density at radius 3 is 1.34 bits per heavy atom. The molecular formula is C29H27Cl4Zr2-. The minimum absolute atomic E-state index is 0. The Morgan fingerprint density at radius 2 is 1.06 bits per heavy atom. The zero-order valence-corrected chi connectivity index (χ0v) is 27.4. The van der Waals surface area contributed by atoms with Crippen molar-refractivity contribution in [2.75, 3.05) is 0 Å². The summed E-state index contributed by atoms with van der Waals surface area (Å²) in [6.45, 7) is 0. The fraction of sp³-hybridized carbons (Fsp3) is 0.138. The van der Waals surface area contributed by atoms with Crippen LogP contribution >= 0.6 is 17.0 Å². The van der Waals surface area contributed by atoms with E-state index in [0.29, 0.717) is 11.8 Å². The van der Waals surface area contributed by atoms with Gasteiger partial charge in [-0.1, -0.05) is 72.8 Å². The molecule has 6 rings (SSSR count). The maximum atomic E-state index is 4.93. The first-order valence-corrected chi connectivity index (χ1v) is 16.6. The molecule has 0 saturated carbocycles. The van der Waals surface area contributed by atoms with E-state index >= 15 is 0 Å². The molecule has 0 amide bonds. The van der Waals surface area contributed by atoms with Crippen molar-refractivity contribution in [2.45, 2.75) is 24.7 Å². The van der Waals surface area contributed by atoms with Gasteiger partial charge in [0.05, 0.1) is 0 Å². The molecule has 4 aliphatic carbocycles. The normalized spacial score (nSPS) is 17.3. The number of fused-ring (bicyclic) bond motifs is 2. The fourth-order valence-electron chi connectivity index (χ4n) is 3.86. The van der Waals surface area contributed by atoms with Crippen LogP contribution in [0.15, 0.2) is 97.1 Å². The molecule has 0 spiro atoms. The molecule has 2 atom stereocenters. The summed E-state index contributed by atoms with van der Waals surface area (Å²) < 4.78 is 0. The quantitative estimate of drug-likeness (QED) is 0.402. The molecule has 4 aliphatic rings. The van der Waals surface area contributed by atoms with E-state index in [9.17, 15) is 0 Å². The summed E-state index contributed by atoms with van der Waals surface area (Å²) in [5, 5.41) is 0. The number of hydrogen-bond acceptors (Lipinski definition) is 0. The Morgan fingerprint density at radius 1 is 0.686 bits per heavy atom. The Kier molecular flexibility index (Phi) is 23.1. The molecule has 0 radical (unpaired) electrons. The van der Waals surface area contributed by atoms with Gasteiger partial charge in [-0.2, -0.15) is 12.2 Å². The van der Waals surface area contributed by atoms with Crippen LogP contribution in [-0.4, -0.2) is 0 Å². The van der Waals surface area contributed by atoms with Crippen LogP contribution in [0.5, 0.6) is 0 Å². The molecule has 2 aromatic carbocycles. The van der Waals surface area contributed by atoms with Gasteiger partial charge in [0.15, 0.2) is 0 Å². The third-order valence-corrected chi connectivity index (χ3v) is 5.24. The van der Waals surface area contributed by atoms with E-state index in [1.54, 1.807) is 0 Å². The molecule has 0 N–H and O–H groups in total. The first kappa shape index (κ1) is 37.0. The maximum absolute atomic E-state index is 4.93. The summed E-state index contributed by atoms with van der Waals surface area (Å²) in [7, 11) is 9.87. The van der Waals surface area contributed by atoms with E-state index in [1.165, 1.54) is 22.3 Å². The first-order chi connectivity index (χ1) is 15.3. The SMILES string of the molecule is C1=CC(C2C=Cc3ccccc32)c2ccccc21.[C-]1=CC=CC1.[C-]1=CC=CC1.[CH3-].[Cl-].[Cl-].[Cl][Zr][Cl].[Zr+4]. The molecule has 0 saturated heterocycles. The largest absolute Gasteiger partial charge is 4.00 e. The van der Waals surface area contributed by atoms with Crippen LogP contribution in [0.3, 0.4) is 0 Å². The molecule has 0 nitrogen and oxygen atoms in total. The third-order valence-electron chi connectivity index (χ3n) is 5.24. The molecule has 2 aromatic rings. The van der Waals surface area contributed by atoms with E-state index < -0.39 is 20.8 Å². The number of halogens is 4. The minimum atomic E-state index is -0.826. The smallest absolute Gasteiger partial charge is 4.00 e. The molecule has 2 unspecified atom stereocenters. The molecule has 0 bridgehead atoms. The van der Waals surface area contributed by atoms with Crippen molar-refractivity contribution < 1.29 is 71.9 Å². The fourth-order valence-corrected chi connectivity index (χ4v) is 3.86. The van der Waals surface area contributed by atoms with Gasteiger partial charge in [-0.15, -0.1) is 12.8 Å². The van der Waals surface area contributed by atoms with Crippen LogP contribution in [-0.2, 0) is 47.1 Å². The molecule has 0 aromatic heterocycles. The van der Waals surface area contributed by atoms with E-state index in [0.717, 1.165) is 12.8 Å². The van der Waals surface area contributed by atoms with E-state index in [1.807, 2.05) is 24.3 Å². The van der Waals surface area contributed by atoms with Crippen LogP contribution < -0.4 is 24.8 Å². The molecular weight excluding hydrogens is 673 g/mol. The van der Waals surface area contributed by atoms with Crippen molar-refractivity contribution >= 4 is 29.2 Å². The number of rotatable bonds is 1. The van der Waals surface area contributed by atoms with Crippen molar-refractivity contribution in [3.8, 4) is 0 Å².